The van der Waals surface area contributed by atoms with Gasteiger partial charge in [0.25, 0.3) is 0 Å². The van der Waals surface area contributed by atoms with Crippen LogP contribution in [0.15, 0.2) is 12.3 Å². The highest BCUT2D eigenvalue weighted by molar-refractivity contribution is 4.71. The Balaban J connectivity index is 2.07. The molecule has 13 heavy (non-hydrogen) atoms. The summed E-state index contributed by atoms with van der Waals surface area (Å²) >= 11 is 0. The molecule has 0 bridgehead atoms. The van der Waals surface area contributed by atoms with Gasteiger partial charge in [0.2, 0.25) is 6.20 Å². The molecule has 1 fully saturated rings. The van der Waals surface area contributed by atoms with Crippen molar-refractivity contribution in [2.24, 2.45) is 0 Å². The summed E-state index contributed by atoms with van der Waals surface area (Å²) in [5, 5.41) is 9.88. The number of hydrogen-bond donors (Lipinski definition) is 0. The van der Waals surface area contributed by atoms with Crippen LogP contribution in [0.3, 0.4) is 0 Å². The van der Waals surface area contributed by atoms with E-state index >= 15 is 0 Å². The average molecular weight is 187 g/mol. The zero-order valence-electron chi connectivity index (χ0n) is 7.35. The van der Waals surface area contributed by atoms with E-state index in [1.807, 2.05) is 0 Å². The Morgan fingerprint density at radius 3 is 3.08 bits per heavy atom. The fourth-order valence-corrected chi connectivity index (χ4v) is 1.13. The lowest BCUT2D eigenvalue weighted by Crippen LogP contribution is -2.22. The quantitative estimate of drug-likeness (QED) is 0.492. The molecule has 0 spiro atoms. The Morgan fingerprint density at radius 2 is 2.46 bits per heavy atom. The molecule has 1 atom stereocenters. The molecule has 0 aliphatic carbocycles. The minimum Gasteiger partial charge on any atom is -0.353 e. The van der Waals surface area contributed by atoms with Crippen LogP contribution in [0.25, 0.3) is 0 Å². The van der Waals surface area contributed by atoms with Crippen LogP contribution in [0.1, 0.15) is 19.3 Å². The first-order valence-corrected chi connectivity index (χ1v) is 4.32. The molecule has 1 saturated heterocycles. The average Bonchev–Trinajstić information content (AvgIpc) is 2.14. The van der Waals surface area contributed by atoms with E-state index in [0.29, 0.717) is 0 Å². The van der Waals surface area contributed by atoms with E-state index in [0.717, 1.165) is 32.1 Å². The molecule has 1 unspecified atom stereocenters. The van der Waals surface area contributed by atoms with Gasteiger partial charge in [-0.3, -0.25) is 10.1 Å². The van der Waals surface area contributed by atoms with Crippen molar-refractivity contribution in [3.05, 3.63) is 22.4 Å². The minimum absolute atomic E-state index is 0.176. The molecular formula is C8H13NO4. The van der Waals surface area contributed by atoms with Gasteiger partial charge in [-0.2, -0.15) is 0 Å². The Hall–Kier alpha value is -0.940. The minimum atomic E-state index is -0.509. The van der Waals surface area contributed by atoms with Gasteiger partial charge < -0.3 is 9.47 Å². The van der Waals surface area contributed by atoms with E-state index in [-0.39, 0.29) is 12.9 Å². The highest BCUT2D eigenvalue weighted by atomic mass is 16.7. The predicted octanol–water partition coefficient (Wildman–Crippen LogP) is 1.32. The lowest BCUT2D eigenvalue weighted by molar-refractivity contribution is -0.402. The van der Waals surface area contributed by atoms with Gasteiger partial charge in [-0.1, -0.05) is 0 Å². The second kappa shape index (κ2) is 5.66. The zero-order valence-corrected chi connectivity index (χ0v) is 7.35. The van der Waals surface area contributed by atoms with Gasteiger partial charge in [-0.15, -0.1) is 0 Å². The Morgan fingerprint density at radius 1 is 1.62 bits per heavy atom. The summed E-state index contributed by atoms with van der Waals surface area (Å²) < 4.78 is 10.5. The number of nitro groups is 1. The van der Waals surface area contributed by atoms with Gasteiger partial charge >= 0.3 is 0 Å². The molecule has 1 aliphatic heterocycles. The number of hydrogen-bond acceptors (Lipinski definition) is 4. The fourth-order valence-electron chi connectivity index (χ4n) is 1.13. The Kier molecular flexibility index (Phi) is 4.42. The number of rotatable bonds is 4. The van der Waals surface area contributed by atoms with Gasteiger partial charge in [-0.25, -0.2) is 0 Å². The van der Waals surface area contributed by atoms with Crippen molar-refractivity contribution in [3.63, 3.8) is 0 Å². The van der Waals surface area contributed by atoms with E-state index < -0.39 is 4.92 Å². The van der Waals surface area contributed by atoms with Crippen LogP contribution in [-0.4, -0.2) is 24.4 Å². The van der Waals surface area contributed by atoms with Crippen LogP contribution in [0.5, 0.6) is 0 Å². The summed E-state index contributed by atoms with van der Waals surface area (Å²) in [5.74, 6) is 0. The van der Waals surface area contributed by atoms with Gasteiger partial charge in [0, 0.05) is 12.7 Å². The van der Waals surface area contributed by atoms with Crippen molar-refractivity contribution in [1.29, 1.82) is 0 Å². The summed E-state index contributed by atoms with van der Waals surface area (Å²) in [6.07, 6.45) is 5.13. The zero-order chi connectivity index (χ0) is 9.52. The third-order valence-electron chi connectivity index (χ3n) is 1.74. The monoisotopic (exact) mass is 187 g/mol. The second-order valence-electron chi connectivity index (χ2n) is 2.80. The molecular weight excluding hydrogens is 174 g/mol. The van der Waals surface area contributed by atoms with Crippen molar-refractivity contribution < 1.29 is 14.4 Å². The third kappa shape index (κ3) is 4.59. The van der Waals surface area contributed by atoms with Crippen molar-refractivity contribution in [1.82, 2.24) is 0 Å². The maximum absolute atomic E-state index is 9.88. The lowest BCUT2D eigenvalue weighted by Gasteiger charge is -2.21. The maximum Gasteiger partial charge on any atom is 0.232 e. The normalized spacial score (nSPS) is 23.5. The molecule has 0 amide bonds. The lowest BCUT2D eigenvalue weighted by atomic mass is 10.2. The Labute approximate surface area is 76.5 Å². The summed E-state index contributed by atoms with van der Waals surface area (Å²) in [7, 11) is 0. The molecule has 5 nitrogen and oxygen atoms in total. The van der Waals surface area contributed by atoms with Crippen LogP contribution >= 0.6 is 0 Å². The molecule has 0 N–H and O–H groups in total. The molecule has 1 aliphatic rings. The summed E-state index contributed by atoms with van der Waals surface area (Å²) in [4.78, 5) is 9.37. The molecule has 74 valence electrons. The van der Waals surface area contributed by atoms with Crippen molar-refractivity contribution in [2.75, 3.05) is 13.2 Å². The first-order valence-electron chi connectivity index (χ1n) is 4.32. The highest BCUT2D eigenvalue weighted by Gasteiger charge is 2.12. The van der Waals surface area contributed by atoms with Gasteiger partial charge in [0.15, 0.2) is 6.29 Å². The number of nitrogens with zero attached hydrogens (tertiary/aromatic N) is 1. The largest absolute Gasteiger partial charge is 0.353 e. The fraction of sp³-hybridized carbons (Fsp3) is 0.750. The van der Waals surface area contributed by atoms with E-state index in [2.05, 4.69) is 0 Å². The van der Waals surface area contributed by atoms with Crippen LogP contribution in [0.2, 0.25) is 0 Å². The molecule has 5 heteroatoms. The molecule has 0 saturated carbocycles. The van der Waals surface area contributed by atoms with Crippen LogP contribution in [0, 0.1) is 10.1 Å². The summed E-state index contributed by atoms with van der Waals surface area (Å²) in [6.45, 7) is 0.968. The van der Waals surface area contributed by atoms with Gasteiger partial charge in [-0.05, 0) is 19.3 Å². The topological polar surface area (TPSA) is 61.6 Å². The van der Waals surface area contributed by atoms with E-state index in [9.17, 15) is 10.1 Å². The highest BCUT2D eigenvalue weighted by Crippen LogP contribution is 2.13. The van der Waals surface area contributed by atoms with E-state index in [4.69, 9.17) is 9.47 Å². The van der Waals surface area contributed by atoms with Crippen molar-refractivity contribution >= 4 is 0 Å². The SMILES string of the molecule is O=[N+]([O-])/C=C/COC1CCCCO1. The summed E-state index contributed by atoms with van der Waals surface area (Å²) in [5.41, 5.74) is 0. The van der Waals surface area contributed by atoms with Crippen molar-refractivity contribution in [3.8, 4) is 0 Å². The van der Waals surface area contributed by atoms with E-state index in [1.54, 1.807) is 0 Å². The predicted molar refractivity (Wildman–Crippen MR) is 45.7 cm³/mol. The maximum atomic E-state index is 9.88. The van der Waals surface area contributed by atoms with Gasteiger partial charge in [0.05, 0.1) is 11.5 Å². The standard InChI is InChI=1S/C8H13NO4/c10-9(11)5-3-7-13-8-4-1-2-6-12-8/h3,5,8H,1-2,4,6-7H2/b5-3+. The number of ether oxygens (including phenoxy) is 2. The molecule has 0 aromatic carbocycles. The molecule has 0 aromatic rings. The third-order valence-corrected chi connectivity index (χ3v) is 1.74. The van der Waals surface area contributed by atoms with Crippen LogP contribution in [-0.2, 0) is 9.47 Å². The molecule has 1 rings (SSSR count). The molecule has 0 radical (unpaired) electrons. The second-order valence-corrected chi connectivity index (χ2v) is 2.80. The smallest absolute Gasteiger partial charge is 0.232 e. The Bertz CT molecular complexity index is 187. The van der Waals surface area contributed by atoms with Crippen LogP contribution < -0.4 is 0 Å². The molecule has 0 aromatic heterocycles. The first kappa shape index (κ1) is 10.1. The van der Waals surface area contributed by atoms with E-state index in [1.165, 1.54) is 6.08 Å². The van der Waals surface area contributed by atoms with Crippen molar-refractivity contribution in [2.45, 2.75) is 25.6 Å². The summed E-state index contributed by atoms with van der Waals surface area (Å²) in [6, 6.07) is 0. The first-order chi connectivity index (χ1) is 6.29. The molecule has 1 heterocycles. The van der Waals surface area contributed by atoms with Crippen LogP contribution in [0.4, 0.5) is 0 Å². The van der Waals surface area contributed by atoms with Gasteiger partial charge in [0.1, 0.15) is 0 Å².